The summed E-state index contributed by atoms with van der Waals surface area (Å²) in [6, 6.07) is 11.7. The van der Waals surface area contributed by atoms with Gasteiger partial charge in [-0.1, -0.05) is 25.1 Å². The van der Waals surface area contributed by atoms with E-state index in [2.05, 4.69) is 15.3 Å². The predicted octanol–water partition coefficient (Wildman–Crippen LogP) is 2.60. The molecular formula is C20H21N5O4. The van der Waals surface area contributed by atoms with E-state index in [9.17, 15) is 19.7 Å². The summed E-state index contributed by atoms with van der Waals surface area (Å²) >= 11 is 0. The Morgan fingerprint density at radius 2 is 2.03 bits per heavy atom. The van der Waals surface area contributed by atoms with Crippen molar-refractivity contribution in [3.05, 3.63) is 74.3 Å². The van der Waals surface area contributed by atoms with Crippen LogP contribution in [0.15, 0.2) is 47.3 Å². The number of nitrogens with zero attached hydrogens (tertiary/aromatic N) is 3. The van der Waals surface area contributed by atoms with Crippen LogP contribution >= 0.6 is 0 Å². The molecule has 0 aliphatic heterocycles. The van der Waals surface area contributed by atoms with Crippen LogP contribution < -0.4 is 10.9 Å². The molecule has 1 amide bonds. The van der Waals surface area contributed by atoms with Gasteiger partial charge < -0.3 is 10.3 Å². The molecule has 3 rings (SSSR count). The Kier molecular flexibility index (Phi) is 5.99. The van der Waals surface area contributed by atoms with Crippen LogP contribution in [0.3, 0.4) is 0 Å². The molecule has 0 fully saturated rings. The van der Waals surface area contributed by atoms with E-state index >= 15 is 0 Å². The van der Waals surface area contributed by atoms with E-state index in [1.807, 2.05) is 6.92 Å². The largest absolute Gasteiger partial charge is 0.319 e. The lowest BCUT2D eigenvalue weighted by atomic mass is 10.2. The molecule has 150 valence electrons. The fraction of sp³-hybridized carbons (Fsp3) is 0.250. The average molecular weight is 395 g/mol. The van der Waals surface area contributed by atoms with Gasteiger partial charge in [0.05, 0.1) is 28.9 Å². The van der Waals surface area contributed by atoms with Crippen molar-refractivity contribution in [3.8, 4) is 0 Å². The molecule has 9 nitrogen and oxygen atoms in total. The maximum Gasteiger partial charge on any atom is 0.293 e. The molecular weight excluding hydrogens is 374 g/mol. The minimum Gasteiger partial charge on any atom is -0.319 e. The van der Waals surface area contributed by atoms with Gasteiger partial charge in [0.1, 0.15) is 11.5 Å². The Hall–Kier alpha value is -3.59. The van der Waals surface area contributed by atoms with Crippen LogP contribution in [-0.4, -0.2) is 38.8 Å². The molecule has 9 heteroatoms. The molecule has 0 bridgehead atoms. The van der Waals surface area contributed by atoms with Gasteiger partial charge in [0.2, 0.25) is 5.91 Å². The predicted molar refractivity (Wildman–Crippen MR) is 110 cm³/mol. The Labute approximate surface area is 166 Å². The molecule has 0 spiro atoms. The van der Waals surface area contributed by atoms with Crippen molar-refractivity contribution in [2.45, 2.75) is 20.4 Å². The molecule has 1 heterocycles. The Balaban J connectivity index is 1.73. The molecule has 29 heavy (non-hydrogen) atoms. The number of likely N-dealkylation sites (N-methyl/N-ethyl adjacent to an activating group) is 1. The van der Waals surface area contributed by atoms with Gasteiger partial charge in [0.25, 0.3) is 11.2 Å². The summed E-state index contributed by atoms with van der Waals surface area (Å²) in [5.41, 5.74) is 1.08. The molecule has 1 aromatic heterocycles. The highest BCUT2D eigenvalue weighted by atomic mass is 16.6. The molecule has 0 atom stereocenters. The van der Waals surface area contributed by atoms with Crippen molar-refractivity contribution in [2.75, 3.05) is 18.4 Å². The second-order valence-corrected chi connectivity index (χ2v) is 6.66. The first kappa shape index (κ1) is 20.2. The Morgan fingerprint density at radius 3 is 2.76 bits per heavy atom. The van der Waals surface area contributed by atoms with Crippen molar-refractivity contribution in [1.29, 1.82) is 0 Å². The number of aryl methyl sites for hydroxylation is 1. The van der Waals surface area contributed by atoms with Gasteiger partial charge in [-0.2, -0.15) is 0 Å². The molecule has 0 radical (unpaired) electrons. The van der Waals surface area contributed by atoms with Crippen LogP contribution in [0.2, 0.25) is 0 Å². The quantitative estimate of drug-likeness (QED) is 0.468. The number of aromatic amines is 1. The molecule has 3 aromatic rings. The van der Waals surface area contributed by atoms with Crippen molar-refractivity contribution < 1.29 is 9.72 Å². The van der Waals surface area contributed by atoms with Gasteiger partial charge in [-0.25, -0.2) is 4.98 Å². The SMILES string of the molecule is CCN(CC(=O)Nc1ccc(C)cc1[N+](=O)[O-])Cc1nc2ccccc2c(=O)[nH]1. The second-order valence-electron chi connectivity index (χ2n) is 6.66. The average Bonchev–Trinajstić information content (AvgIpc) is 2.68. The second kappa shape index (κ2) is 8.61. The third kappa shape index (κ3) is 4.82. The number of aromatic nitrogens is 2. The lowest BCUT2D eigenvalue weighted by molar-refractivity contribution is -0.384. The topological polar surface area (TPSA) is 121 Å². The highest BCUT2D eigenvalue weighted by Crippen LogP contribution is 2.25. The van der Waals surface area contributed by atoms with Crippen LogP contribution in [0.5, 0.6) is 0 Å². The number of H-pyrrole nitrogens is 1. The summed E-state index contributed by atoms with van der Waals surface area (Å²) < 4.78 is 0. The van der Waals surface area contributed by atoms with Gasteiger partial charge in [0.15, 0.2) is 0 Å². The number of benzene rings is 2. The number of amides is 1. The van der Waals surface area contributed by atoms with Crippen molar-refractivity contribution in [1.82, 2.24) is 14.9 Å². The zero-order valence-electron chi connectivity index (χ0n) is 16.1. The van der Waals surface area contributed by atoms with Gasteiger partial charge in [-0.15, -0.1) is 0 Å². The van der Waals surface area contributed by atoms with E-state index in [1.165, 1.54) is 12.1 Å². The Morgan fingerprint density at radius 1 is 1.28 bits per heavy atom. The maximum atomic E-state index is 12.4. The summed E-state index contributed by atoms with van der Waals surface area (Å²) in [7, 11) is 0. The summed E-state index contributed by atoms with van der Waals surface area (Å²) in [5, 5.41) is 14.3. The van der Waals surface area contributed by atoms with E-state index in [4.69, 9.17) is 0 Å². The monoisotopic (exact) mass is 395 g/mol. The fourth-order valence-corrected chi connectivity index (χ4v) is 2.99. The van der Waals surface area contributed by atoms with Crippen LogP contribution in [0.1, 0.15) is 18.3 Å². The zero-order chi connectivity index (χ0) is 21.0. The highest BCUT2D eigenvalue weighted by molar-refractivity contribution is 5.94. The maximum absolute atomic E-state index is 12.4. The van der Waals surface area contributed by atoms with E-state index < -0.39 is 4.92 Å². The van der Waals surface area contributed by atoms with E-state index in [0.29, 0.717) is 23.3 Å². The zero-order valence-corrected chi connectivity index (χ0v) is 16.1. The molecule has 2 aromatic carbocycles. The van der Waals surface area contributed by atoms with Crippen molar-refractivity contribution >= 4 is 28.2 Å². The molecule has 0 aliphatic rings. The number of hydrogen-bond donors (Lipinski definition) is 2. The summed E-state index contributed by atoms with van der Waals surface area (Å²) in [4.78, 5) is 44.3. The van der Waals surface area contributed by atoms with E-state index in [-0.39, 0.29) is 35.9 Å². The lowest BCUT2D eigenvalue weighted by Gasteiger charge is -2.19. The number of anilines is 1. The number of hydrogen-bond acceptors (Lipinski definition) is 6. The van der Waals surface area contributed by atoms with Gasteiger partial charge in [0, 0.05) is 6.07 Å². The third-order valence-corrected chi connectivity index (χ3v) is 4.47. The Bertz CT molecular complexity index is 1130. The number of nitro groups is 1. The van der Waals surface area contributed by atoms with E-state index in [0.717, 1.165) is 5.56 Å². The smallest absolute Gasteiger partial charge is 0.293 e. The first-order valence-corrected chi connectivity index (χ1v) is 9.12. The van der Waals surface area contributed by atoms with Crippen LogP contribution in [0, 0.1) is 17.0 Å². The highest BCUT2D eigenvalue weighted by Gasteiger charge is 2.18. The van der Waals surface area contributed by atoms with Gasteiger partial charge >= 0.3 is 0 Å². The van der Waals surface area contributed by atoms with Crippen molar-refractivity contribution in [3.63, 3.8) is 0 Å². The standard InChI is InChI=1S/C20H21N5O4/c1-3-24(11-18-21-15-7-5-4-6-14(15)20(27)23-18)12-19(26)22-16-9-8-13(2)10-17(16)25(28)29/h4-10H,3,11-12H2,1-2H3,(H,22,26)(H,21,23,27). The third-order valence-electron chi connectivity index (χ3n) is 4.47. The molecule has 0 saturated carbocycles. The number of fused-ring (bicyclic) bond motifs is 1. The van der Waals surface area contributed by atoms with Gasteiger partial charge in [-0.05, 0) is 37.2 Å². The summed E-state index contributed by atoms with van der Waals surface area (Å²) in [6.07, 6.45) is 0. The number of para-hydroxylation sites is 1. The fourth-order valence-electron chi connectivity index (χ4n) is 2.99. The number of carbonyl (C=O) groups is 1. The normalized spacial score (nSPS) is 11.0. The van der Waals surface area contributed by atoms with Crippen LogP contribution in [0.4, 0.5) is 11.4 Å². The summed E-state index contributed by atoms with van der Waals surface area (Å²) in [5.74, 6) is 0.0617. The lowest BCUT2D eigenvalue weighted by Crippen LogP contribution is -2.34. The number of nitro benzene ring substituents is 1. The van der Waals surface area contributed by atoms with Crippen molar-refractivity contribution in [2.24, 2.45) is 0 Å². The number of rotatable bonds is 7. The first-order valence-electron chi connectivity index (χ1n) is 9.12. The minimum absolute atomic E-state index is 0.00192. The molecule has 2 N–H and O–H groups in total. The number of carbonyl (C=O) groups excluding carboxylic acids is 1. The van der Waals surface area contributed by atoms with E-state index in [1.54, 1.807) is 42.2 Å². The van der Waals surface area contributed by atoms with Gasteiger partial charge in [-0.3, -0.25) is 24.6 Å². The van der Waals surface area contributed by atoms with Crippen LogP contribution in [-0.2, 0) is 11.3 Å². The summed E-state index contributed by atoms with van der Waals surface area (Å²) in [6.45, 7) is 4.41. The first-order chi connectivity index (χ1) is 13.9. The number of nitrogens with one attached hydrogen (secondary N) is 2. The molecule has 0 aliphatic carbocycles. The molecule has 0 saturated heterocycles. The molecule has 0 unspecified atom stereocenters. The van der Waals surface area contributed by atoms with Crippen LogP contribution in [0.25, 0.3) is 10.9 Å². The minimum atomic E-state index is -0.524.